The molecule has 0 heterocycles. The first kappa shape index (κ1) is 17.1. The standard InChI is InChI=1S/C15H15BrClNO3S/c1-3-21-14-7-4-11(16)9-15(14)22(19,20)18-13-6-5-12(17)8-10(13)2/h4-9,18H,3H2,1-2H3. The van der Waals surface area contributed by atoms with Crippen LogP contribution in [0.25, 0.3) is 0 Å². The van der Waals surface area contributed by atoms with Gasteiger partial charge in [0.1, 0.15) is 10.6 Å². The molecule has 4 nitrogen and oxygen atoms in total. The molecule has 0 aliphatic heterocycles. The van der Waals surface area contributed by atoms with Crippen molar-refractivity contribution in [3.05, 3.63) is 51.5 Å². The zero-order chi connectivity index (χ0) is 16.3. The van der Waals surface area contributed by atoms with Crippen molar-refractivity contribution in [2.75, 3.05) is 11.3 Å². The highest BCUT2D eigenvalue weighted by Gasteiger charge is 2.21. The van der Waals surface area contributed by atoms with Gasteiger partial charge in [-0.15, -0.1) is 0 Å². The molecule has 1 N–H and O–H groups in total. The number of rotatable bonds is 5. The van der Waals surface area contributed by atoms with Crippen molar-refractivity contribution >= 4 is 43.2 Å². The van der Waals surface area contributed by atoms with Gasteiger partial charge in [0.15, 0.2) is 0 Å². The maximum Gasteiger partial charge on any atom is 0.265 e. The molecule has 0 bridgehead atoms. The summed E-state index contributed by atoms with van der Waals surface area (Å²) in [6.45, 7) is 3.97. The van der Waals surface area contributed by atoms with Crippen LogP contribution in [-0.2, 0) is 10.0 Å². The highest BCUT2D eigenvalue weighted by molar-refractivity contribution is 9.10. The molecule has 0 saturated carbocycles. The monoisotopic (exact) mass is 403 g/mol. The number of anilines is 1. The van der Waals surface area contributed by atoms with E-state index in [2.05, 4.69) is 20.7 Å². The van der Waals surface area contributed by atoms with Crippen molar-refractivity contribution in [3.8, 4) is 5.75 Å². The Bertz CT molecular complexity index is 793. The fraction of sp³-hybridized carbons (Fsp3) is 0.200. The lowest BCUT2D eigenvalue weighted by atomic mass is 10.2. The highest BCUT2D eigenvalue weighted by Crippen LogP contribution is 2.30. The summed E-state index contributed by atoms with van der Waals surface area (Å²) in [5, 5.41) is 0.554. The fourth-order valence-electron chi connectivity index (χ4n) is 1.91. The minimum atomic E-state index is -3.77. The van der Waals surface area contributed by atoms with Crippen molar-refractivity contribution in [2.45, 2.75) is 18.7 Å². The normalized spacial score (nSPS) is 11.3. The second-order valence-electron chi connectivity index (χ2n) is 4.59. The van der Waals surface area contributed by atoms with E-state index < -0.39 is 10.0 Å². The van der Waals surface area contributed by atoms with E-state index in [1.54, 1.807) is 44.2 Å². The Morgan fingerprint density at radius 3 is 2.59 bits per heavy atom. The number of hydrogen-bond donors (Lipinski definition) is 1. The van der Waals surface area contributed by atoms with E-state index in [4.69, 9.17) is 16.3 Å². The quantitative estimate of drug-likeness (QED) is 0.791. The van der Waals surface area contributed by atoms with Gasteiger partial charge in [-0.2, -0.15) is 0 Å². The molecule has 0 atom stereocenters. The first-order valence-electron chi connectivity index (χ1n) is 6.55. The minimum absolute atomic E-state index is 0.0816. The lowest BCUT2D eigenvalue weighted by Gasteiger charge is -2.14. The first-order chi connectivity index (χ1) is 10.3. The SMILES string of the molecule is CCOc1ccc(Br)cc1S(=O)(=O)Nc1ccc(Cl)cc1C. The number of hydrogen-bond acceptors (Lipinski definition) is 3. The molecule has 2 rings (SSSR count). The van der Waals surface area contributed by atoms with Crippen LogP contribution in [0.5, 0.6) is 5.75 Å². The van der Waals surface area contributed by atoms with E-state index >= 15 is 0 Å². The first-order valence-corrected chi connectivity index (χ1v) is 9.20. The van der Waals surface area contributed by atoms with Crippen LogP contribution in [0, 0.1) is 6.92 Å². The number of nitrogens with one attached hydrogen (secondary N) is 1. The predicted molar refractivity (Wildman–Crippen MR) is 92.3 cm³/mol. The average molecular weight is 405 g/mol. The van der Waals surface area contributed by atoms with Crippen molar-refractivity contribution in [1.82, 2.24) is 0 Å². The van der Waals surface area contributed by atoms with E-state index in [0.29, 0.717) is 27.5 Å². The summed E-state index contributed by atoms with van der Waals surface area (Å²) < 4.78 is 33.9. The summed E-state index contributed by atoms with van der Waals surface area (Å²) in [6.07, 6.45) is 0. The molecule has 0 aliphatic carbocycles. The van der Waals surface area contributed by atoms with Crippen LogP contribution < -0.4 is 9.46 Å². The Morgan fingerprint density at radius 1 is 1.23 bits per heavy atom. The molecule has 0 fully saturated rings. The molecule has 0 amide bonds. The van der Waals surface area contributed by atoms with Crippen LogP contribution in [0.15, 0.2) is 45.8 Å². The molecular formula is C15H15BrClNO3S. The Morgan fingerprint density at radius 2 is 1.95 bits per heavy atom. The van der Waals surface area contributed by atoms with Crippen LogP contribution in [0.4, 0.5) is 5.69 Å². The Hall–Kier alpha value is -1.24. The van der Waals surface area contributed by atoms with E-state index in [1.807, 2.05) is 0 Å². The summed E-state index contributed by atoms with van der Waals surface area (Å²) in [5.74, 6) is 0.310. The van der Waals surface area contributed by atoms with E-state index in [1.165, 1.54) is 6.07 Å². The molecule has 0 spiro atoms. The van der Waals surface area contributed by atoms with Crippen molar-refractivity contribution in [1.29, 1.82) is 0 Å². The predicted octanol–water partition coefficient (Wildman–Crippen LogP) is 4.61. The van der Waals surface area contributed by atoms with Gasteiger partial charge in [0, 0.05) is 9.50 Å². The van der Waals surface area contributed by atoms with Gasteiger partial charge in [-0.05, 0) is 55.8 Å². The van der Waals surface area contributed by atoms with Gasteiger partial charge in [0.05, 0.1) is 12.3 Å². The van der Waals surface area contributed by atoms with Crippen molar-refractivity contribution in [2.24, 2.45) is 0 Å². The zero-order valence-electron chi connectivity index (χ0n) is 12.1. The summed E-state index contributed by atoms with van der Waals surface area (Å²) in [7, 11) is -3.77. The average Bonchev–Trinajstić information content (AvgIpc) is 2.44. The summed E-state index contributed by atoms with van der Waals surface area (Å²) in [4.78, 5) is 0.0816. The molecule has 0 unspecified atom stereocenters. The van der Waals surface area contributed by atoms with Crippen LogP contribution >= 0.6 is 27.5 Å². The largest absolute Gasteiger partial charge is 0.492 e. The van der Waals surface area contributed by atoms with E-state index in [9.17, 15) is 8.42 Å². The number of benzene rings is 2. The number of halogens is 2. The molecule has 0 radical (unpaired) electrons. The van der Waals surface area contributed by atoms with Gasteiger partial charge in [0.25, 0.3) is 10.0 Å². The summed E-state index contributed by atoms with van der Waals surface area (Å²) in [5.41, 5.74) is 1.22. The van der Waals surface area contributed by atoms with Crippen LogP contribution in [0.2, 0.25) is 5.02 Å². The summed E-state index contributed by atoms with van der Waals surface area (Å²) in [6, 6.07) is 9.83. The van der Waals surface area contributed by atoms with E-state index in [-0.39, 0.29) is 4.90 Å². The van der Waals surface area contributed by atoms with Crippen molar-refractivity contribution in [3.63, 3.8) is 0 Å². The molecule has 0 aromatic heterocycles. The smallest absolute Gasteiger partial charge is 0.265 e. The van der Waals surface area contributed by atoms with Gasteiger partial charge in [0.2, 0.25) is 0 Å². The molecule has 22 heavy (non-hydrogen) atoms. The lowest BCUT2D eigenvalue weighted by molar-refractivity contribution is 0.331. The second kappa shape index (κ2) is 6.89. The zero-order valence-corrected chi connectivity index (χ0v) is 15.2. The van der Waals surface area contributed by atoms with Gasteiger partial charge < -0.3 is 4.74 Å². The van der Waals surface area contributed by atoms with E-state index in [0.717, 1.165) is 5.56 Å². The molecule has 118 valence electrons. The van der Waals surface area contributed by atoms with Gasteiger partial charge in [-0.3, -0.25) is 4.72 Å². The number of ether oxygens (including phenoxy) is 1. The van der Waals surface area contributed by atoms with Crippen LogP contribution in [0.3, 0.4) is 0 Å². The van der Waals surface area contributed by atoms with Gasteiger partial charge >= 0.3 is 0 Å². The molecule has 2 aromatic carbocycles. The van der Waals surface area contributed by atoms with Crippen LogP contribution in [0.1, 0.15) is 12.5 Å². The third-order valence-electron chi connectivity index (χ3n) is 2.93. The maximum absolute atomic E-state index is 12.6. The molecular weight excluding hydrogens is 390 g/mol. The second-order valence-corrected chi connectivity index (χ2v) is 7.59. The molecule has 2 aromatic rings. The van der Waals surface area contributed by atoms with Crippen LogP contribution in [-0.4, -0.2) is 15.0 Å². The van der Waals surface area contributed by atoms with Crippen molar-refractivity contribution < 1.29 is 13.2 Å². The molecule has 0 aliphatic rings. The third kappa shape index (κ3) is 3.94. The summed E-state index contributed by atoms with van der Waals surface area (Å²) >= 11 is 9.17. The molecule has 7 heteroatoms. The minimum Gasteiger partial charge on any atom is -0.492 e. The molecule has 0 saturated heterocycles. The Kier molecular flexibility index (Phi) is 5.36. The van der Waals surface area contributed by atoms with Gasteiger partial charge in [-0.25, -0.2) is 8.42 Å². The highest BCUT2D eigenvalue weighted by atomic mass is 79.9. The maximum atomic E-state index is 12.6. The Balaban J connectivity index is 2.44. The Labute approximate surface area is 143 Å². The number of sulfonamides is 1. The third-order valence-corrected chi connectivity index (χ3v) is 5.04. The number of aryl methyl sites for hydroxylation is 1. The lowest BCUT2D eigenvalue weighted by Crippen LogP contribution is -2.15. The fourth-order valence-corrected chi connectivity index (χ4v) is 3.95. The topological polar surface area (TPSA) is 55.4 Å². The van der Waals surface area contributed by atoms with Gasteiger partial charge in [-0.1, -0.05) is 27.5 Å².